The Morgan fingerprint density at radius 3 is 2.80 bits per heavy atom. The molecule has 0 saturated carbocycles. The summed E-state index contributed by atoms with van der Waals surface area (Å²) in [5.74, 6) is 1.38. The number of halogens is 3. The minimum absolute atomic E-state index is 0.577. The van der Waals surface area contributed by atoms with Crippen molar-refractivity contribution in [2.45, 2.75) is 17.5 Å². The summed E-state index contributed by atoms with van der Waals surface area (Å²) in [7, 11) is 0. The lowest BCUT2D eigenvalue weighted by molar-refractivity contribution is -0.137. The molecule has 1 aliphatic rings. The maximum absolute atomic E-state index is 12.6. The SMILES string of the molecule is NCC1CCN(CCSc2cccc(C(F)(F)F)c2)C1. The molecule has 0 amide bonds. The summed E-state index contributed by atoms with van der Waals surface area (Å²) in [6.45, 7) is 3.68. The molecule has 2 nitrogen and oxygen atoms in total. The molecule has 1 heterocycles. The Kier molecular flexibility index (Phi) is 5.35. The normalized spacial score (nSPS) is 20.5. The molecule has 0 spiro atoms. The highest BCUT2D eigenvalue weighted by molar-refractivity contribution is 7.99. The number of nitrogens with two attached hydrogens (primary N) is 1. The topological polar surface area (TPSA) is 29.3 Å². The van der Waals surface area contributed by atoms with Crippen molar-refractivity contribution >= 4 is 11.8 Å². The summed E-state index contributed by atoms with van der Waals surface area (Å²) in [4.78, 5) is 3.01. The third-order valence-corrected chi connectivity index (χ3v) is 4.51. The van der Waals surface area contributed by atoms with Gasteiger partial charge in [0.25, 0.3) is 0 Å². The average molecular weight is 304 g/mol. The Morgan fingerprint density at radius 1 is 1.35 bits per heavy atom. The third kappa shape index (κ3) is 4.40. The van der Waals surface area contributed by atoms with Crippen LogP contribution in [0.5, 0.6) is 0 Å². The predicted molar refractivity (Wildman–Crippen MR) is 75.8 cm³/mol. The van der Waals surface area contributed by atoms with E-state index in [9.17, 15) is 13.2 Å². The first kappa shape index (κ1) is 15.7. The van der Waals surface area contributed by atoms with Crippen molar-refractivity contribution in [3.05, 3.63) is 29.8 Å². The van der Waals surface area contributed by atoms with E-state index in [4.69, 9.17) is 5.73 Å². The van der Waals surface area contributed by atoms with E-state index in [2.05, 4.69) is 4.90 Å². The van der Waals surface area contributed by atoms with Crippen molar-refractivity contribution in [3.8, 4) is 0 Å². The second-order valence-corrected chi connectivity index (χ2v) is 6.23. The van der Waals surface area contributed by atoms with Crippen LogP contribution in [0.3, 0.4) is 0 Å². The molecule has 1 aromatic rings. The van der Waals surface area contributed by atoms with Gasteiger partial charge in [0.1, 0.15) is 0 Å². The van der Waals surface area contributed by atoms with E-state index in [1.54, 1.807) is 6.07 Å². The van der Waals surface area contributed by atoms with Gasteiger partial charge in [-0.2, -0.15) is 13.2 Å². The van der Waals surface area contributed by atoms with Crippen LogP contribution in [0.15, 0.2) is 29.2 Å². The Bertz CT molecular complexity index is 437. The maximum atomic E-state index is 12.6. The minimum atomic E-state index is -4.26. The second kappa shape index (κ2) is 6.83. The molecule has 1 aliphatic heterocycles. The Hall–Kier alpha value is -0.720. The van der Waals surface area contributed by atoms with Gasteiger partial charge in [-0.3, -0.25) is 0 Å². The first-order valence-electron chi connectivity index (χ1n) is 6.71. The van der Waals surface area contributed by atoms with Gasteiger partial charge >= 0.3 is 6.18 Å². The molecule has 0 aromatic heterocycles. The molecule has 20 heavy (non-hydrogen) atoms. The number of likely N-dealkylation sites (tertiary alicyclic amines) is 1. The number of benzene rings is 1. The van der Waals surface area contributed by atoms with E-state index in [0.29, 0.717) is 10.8 Å². The summed E-state index contributed by atoms with van der Waals surface area (Å²) < 4.78 is 37.8. The standard InChI is InChI=1S/C14H19F3N2S/c15-14(16,17)12-2-1-3-13(8-12)20-7-6-19-5-4-11(9-18)10-19/h1-3,8,11H,4-7,9-10,18H2. The fourth-order valence-electron chi connectivity index (χ4n) is 2.36. The van der Waals surface area contributed by atoms with Crippen molar-refractivity contribution in [3.63, 3.8) is 0 Å². The van der Waals surface area contributed by atoms with Crippen LogP contribution < -0.4 is 5.73 Å². The molecule has 6 heteroatoms. The predicted octanol–water partition coefficient (Wildman–Crippen LogP) is 3.08. The lowest BCUT2D eigenvalue weighted by atomic mass is 10.1. The summed E-state index contributed by atoms with van der Waals surface area (Å²) >= 11 is 1.47. The number of thioether (sulfide) groups is 1. The molecule has 0 aliphatic carbocycles. The van der Waals surface area contributed by atoms with E-state index in [0.717, 1.165) is 44.4 Å². The highest BCUT2D eigenvalue weighted by atomic mass is 32.2. The number of hydrogen-bond donors (Lipinski definition) is 1. The summed E-state index contributed by atoms with van der Waals surface area (Å²) in [5.41, 5.74) is 5.06. The number of alkyl halides is 3. The number of hydrogen-bond acceptors (Lipinski definition) is 3. The third-order valence-electron chi connectivity index (χ3n) is 3.54. The minimum Gasteiger partial charge on any atom is -0.330 e. The van der Waals surface area contributed by atoms with E-state index >= 15 is 0 Å². The molecule has 1 atom stereocenters. The zero-order valence-electron chi connectivity index (χ0n) is 11.2. The molecule has 2 N–H and O–H groups in total. The molecule has 2 rings (SSSR count). The van der Waals surface area contributed by atoms with Gasteiger partial charge in [-0.15, -0.1) is 11.8 Å². The molecular formula is C14H19F3N2S. The maximum Gasteiger partial charge on any atom is 0.416 e. The van der Waals surface area contributed by atoms with Gasteiger partial charge < -0.3 is 10.6 Å². The van der Waals surface area contributed by atoms with Crippen molar-refractivity contribution in [1.82, 2.24) is 4.90 Å². The zero-order valence-corrected chi connectivity index (χ0v) is 12.0. The van der Waals surface area contributed by atoms with Crippen LogP contribution in [0.4, 0.5) is 13.2 Å². The van der Waals surface area contributed by atoms with Crippen LogP contribution >= 0.6 is 11.8 Å². The van der Waals surface area contributed by atoms with Gasteiger partial charge in [0.15, 0.2) is 0 Å². The number of nitrogens with zero attached hydrogens (tertiary/aromatic N) is 1. The van der Waals surface area contributed by atoms with E-state index in [-0.39, 0.29) is 0 Å². The lowest BCUT2D eigenvalue weighted by Crippen LogP contribution is -2.25. The summed E-state index contributed by atoms with van der Waals surface area (Å²) in [6, 6.07) is 5.52. The average Bonchev–Trinajstić information content (AvgIpc) is 2.86. The van der Waals surface area contributed by atoms with Gasteiger partial charge in [-0.25, -0.2) is 0 Å². The van der Waals surface area contributed by atoms with Gasteiger partial charge in [-0.1, -0.05) is 6.07 Å². The Morgan fingerprint density at radius 2 is 2.15 bits per heavy atom. The first-order chi connectivity index (χ1) is 9.49. The van der Waals surface area contributed by atoms with E-state index in [1.807, 2.05) is 0 Å². The van der Waals surface area contributed by atoms with Crippen LogP contribution in [0, 0.1) is 5.92 Å². The van der Waals surface area contributed by atoms with E-state index in [1.165, 1.54) is 23.9 Å². The molecule has 1 unspecified atom stereocenters. The first-order valence-corrected chi connectivity index (χ1v) is 7.70. The van der Waals surface area contributed by atoms with Crippen LogP contribution in [0.25, 0.3) is 0 Å². The van der Waals surface area contributed by atoms with Crippen LogP contribution in [-0.2, 0) is 6.18 Å². The molecule has 1 saturated heterocycles. The molecular weight excluding hydrogens is 285 g/mol. The van der Waals surface area contributed by atoms with Gasteiger partial charge in [0.05, 0.1) is 5.56 Å². The smallest absolute Gasteiger partial charge is 0.330 e. The fourth-order valence-corrected chi connectivity index (χ4v) is 3.33. The molecule has 1 fully saturated rings. The summed E-state index contributed by atoms with van der Waals surface area (Å²) in [5, 5.41) is 0. The van der Waals surface area contributed by atoms with Crippen molar-refractivity contribution in [2.75, 3.05) is 31.9 Å². The lowest BCUT2D eigenvalue weighted by Gasteiger charge is -2.15. The van der Waals surface area contributed by atoms with Crippen molar-refractivity contribution < 1.29 is 13.2 Å². The molecule has 1 aromatic carbocycles. The van der Waals surface area contributed by atoms with Gasteiger partial charge in [0.2, 0.25) is 0 Å². The monoisotopic (exact) mass is 304 g/mol. The Balaban J connectivity index is 1.80. The quantitative estimate of drug-likeness (QED) is 0.848. The highest BCUT2D eigenvalue weighted by Gasteiger charge is 2.30. The zero-order chi connectivity index (χ0) is 14.6. The van der Waals surface area contributed by atoms with Crippen molar-refractivity contribution in [2.24, 2.45) is 11.7 Å². The molecule has 0 radical (unpaired) electrons. The van der Waals surface area contributed by atoms with Crippen LogP contribution in [-0.4, -0.2) is 36.8 Å². The van der Waals surface area contributed by atoms with Crippen molar-refractivity contribution in [1.29, 1.82) is 0 Å². The molecule has 112 valence electrons. The Labute approximate surface area is 121 Å². The van der Waals surface area contributed by atoms with Crippen LogP contribution in [0.2, 0.25) is 0 Å². The van der Waals surface area contributed by atoms with Crippen LogP contribution in [0.1, 0.15) is 12.0 Å². The molecule has 0 bridgehead atoms. The van der Waals surface area contributed by atoms with E-state index < -0.39 is 11.7 Å². The van der Waals surface area contributed by atoms with Gasteiger partial charge in [-0.05, 0) is 43.6 Å². The number of rotatable bonds is 5. The highest BCUT2D eigenvalue weighted by Crippen LogP contribution is 2.31. The largest absolute Gasteiger partial charge is 0.416 e. The summed E-state index contributed by atoms with van der Waals surface area (Å²) in [6.07, 6.45) is -3.13. The van der Waals surface area contributed by atoms with Gasteiger partial charge in [0, 0.05) is 23.7 Å². The fraction of sp³-hybridized carbons (Fsp3) is 0.571. The second-order valence-electron chi connectivity index (χ2n) is 5.07.